The molecule has 0 atom stereocenters. The molecule has 0 aliphatic carbocycles. The van der Waals surface area contributed by atoms with Gasteiger partial charge in [0.1, 0.15) is 6.54 Å². The second-order valence-corrected chi connectivity index (χ2v) is 9.18. The van der Waals surface area contributed by atoms with E-state index in [-0.39, 0.29) is 17.3 Å². The minimum absolute atomic E-state index is 0.114. The van der Waals surface area contributed by atoms with Crippen LogP contribution in [0.15, 0.2) is 65.6 Å². The number of amides is 2. The van der Waals surface area contributed by atoms with Gasteiger partial charge in [-0.1, -0.05) is 44.2 Å². The zero-order valence-corrected chi connectivity index (χ0v) is 18.1. The molecule has 1 aliphatic rings. The first-order valence-corrected chi connectivity index (χ1v) is 11.5. The molecule has 0 spiro atoms. The third-order valence-corrected chi connectivity index (χ3v) is 7.46. The van der Waals surface area contributed by atoms with Crippen molar-refractivity contribution < 1.29 is 18.0 Å². The molecular formula is C23H23N3O4S. The number of rotatable bonds is 7. The van der Waals surface area contributed by atoms with Crippen molar-refractivity contribution in [1.29, 1.82) is 0 Å². The number of hydrogen-bond donors (Lipinski definition) is 1. The Morgan fingerprint density at radius 2 is 1.68 bits per heavy atom. The molecule has 0 aromatic heterocycles. The minimum Gasteiger partial charge on any atom is -0.324 e. The SMILES string of the molecule is CCN(CC)S(=O)(=O)c1cccc(NC(=O)CN2C(=O)c3cccc4cccc2c34)c1. The van der Waals surface area contributed by atoms with Gasteiger partial charge in [-0.2, -0.15) is 4.31 Å². The Morgan fingerprint density at radius 3 is 2.39 bits per heavy atom. The van der Waals surface area contributed by atoms with Crippen LogP contribution in [0, 0.1) is 0 Å². The molecule has 0 bridgehead atoms. The zero-order valence-electron chi connectivity index (χ0n) is 17.3. The van der Waals surface area contributed by atoms with Gasteiger partial charge in [-0.3, -0.25) is 14.5 Å². The molecule has 0 fully saturated rings. The third-order valence-electron chi connectivity index (χ3n) is 5.41. The van der Waals surface area contributed by atoms with Crippen molar-refractivity contribution >= 4 is 44.0 Å². The van der Waals surface area contributed by atoms with Crippen LogP contribution in [-0.4, -0.2) is 44.2 Å². The molecule has 0 saturated heterocycles. The summed E-state index contributed by atoms with van der Waals surface area (Å²) in [6, 6.07) is 17.3. The van der Waals surface area contributed by atoms with Crippen LogP contribution >= 0.6 is 0 Å². The summed E-state index contributed by atoms with van der Waals surface area (Å²) in [7, 11) is -3.64. The maximum Gasteiger partial charge on any atom is 0.259 e. The number of nitrogens with one attached hydrogen (secondary N) is 1. The Labute approximate surface area is 181 Å². The first-order valence-electron chi connectivity index (χ1n) is 10.1. The van der Waals surface area contributed by atoms with Crippen LogP contribution < -0.4 is 10.2 Å². The predicted molar refractivity (Wildman–Crippen MR) is 121 cm³/mol. The Balaban J connectivity index is 1.55. The highest BCUT2D eigenvalue weighted by Crippen LogP contribution is 2.37. The topological polar surface area (TPSA) is 86.8 Å². The van der Waals surface area contributed by atoms with E-state index in [1.54, 1.807) is 32.0 Å². The predicted octanol–water partition coefficient (Wildman–Crippen LogP) is 3.47. The van der Waals surface area contributed by atoms with Gasteiger partial charge in [0.05, 0.1) is 10.6 Å². The molecule has 2 amide bonds. The average molecular weight is 438 g/mol. The molecule has 0 radical (unpaired) electrons. The van der Waals surface area contributed by atoms with Crippen LogP contribution in [0.4, 0.5) is 11.4 Å². The maximum absolute atomic E-state index is 12.9. The summed E-state index contributed by atoms with van der Waals surface area (Å²) in [5.41, 5.74) is 1.64. The van der Waals surface area contributed by atoms with Gasteiger partial charge in [0.2, 0.25) is 15.9 Å². The van der Waals surface area contributed by atoms with Crippen molar-refractivity contribution in [3.63, 3.8) is 0 Å². The minimum atomic E-state index is -3.64. The Hall–Kier alpha value is -3.23. The van der Waals surface area contributed by atoms with E-state index >= 15 is 0 Å². The molecule has 31 heavy (non-hydrogen) atoms. The van der Waals surface area contributed by atoms with Crippen molar-refractivity contribution in [2.24, 2.45) is 0 Å². The van der Waals surface area contributed by atoms with Gasteiger partial charge in [0.15, 0.2) is 0 Å². The molecule has 1 heterocycles. The summed E-state index contributed by atoms with van der Waals surface area (Å²) in [5, 5.41) is 4.51. The van der Waals surface area contributed by atoms with Crippen LogP contribution in [0.3, 0.4) is 0 Å². The van der Waals surface area contributed by atoms with E-state index in [0.29, 0.717) is 30.0 Å². The van der Waals surface area contributed by atoms with Crippen molar-refractivity contribution in [3.8, 4) is 0 Å². The van der Waals surface area contributed by atoms with E-state index in [1.807, 2.05) is 30.3 Å². The van der Waals surface area contributed by atoms with E-state index in [1.165, 1.54) is 21.3 Å². The fourth-order valence-corrected chi connectivity index (χ4v) is 5.43. The molecule has 8 heteroatoms. The lowest BCUT2D eigenvalue weighted by Crippen LogP contribution is -2.35. The number of benzene rings is 3. The number of anilines is 2. The third kappa shape index (κ3) is 3.68. The summed E-state index contributed by atoms with van der Waals surface area (Å²) in [4.78, 5) is 27.1. The maximum atomic E-state index is 12.9. The largest absolute Gasteiger partial charge is 0.324 e. The molecule has 1 N–H and O–H groups in total. The van der Waals surface area contributed by atoms with E-state index in [2.05, 4.69) is 5.32 Å². The molecule has 160 valence electrons. The van der Waals surface area contributed by atoms with Gasteiger partial charge >= 0.3 is 0 Å². The van der Waals surface area contributed by atoms with Crippen molar-refractivity contribution in [2.45, 2.75) is 18.7 Å². The molecule has 3 aromatic rings. The molecule has 0 saturated carbocycles. The normalized spacial score (nSPS) is 13.3. The van der Waals surface area contributed by atoms with E-state index < -0.39 is 15.9 Å². The van der Waals surface area contributed by atoms with Gasteiger partial charge in [-0.15, -0.1) is 0 Å². The van der Waals surface area contributed by atoms with Crippen LogP contribution in [0.2, 0.25) is 0 Å². The Kier molecular flexibility index (Phi) is 5.51. The molecule has 7 nitrogen and oxygen atoms in total. The van der Waals surface area contributed by atoms with Gasteiger partial charge in [0.25, 0.3) is 5.91 Å². The van der Waals surface area contributed by atoms with Gasteiger partial charge in [0, 0.05) is 29.7 Å². The Morgan fingerprint density at radius 1 is 1.00 bits per heavy atom. The van der Waals surface area contributed by atoms with Crippen molar-refractivity contribution in [2.75, 3.05) is 29.9 Å². The van der Waals surface area contributed by atoms with Crippen LogP contribution in [0.25, 0.3) is 10.8 Å². The lowest BCUT2D eigenvalue weighted by atomic mass is 10.1. The Bertz CT molecular complexity index is 1280. The summed E-state index contributed by atoms with van der Waals surface area (Å²) in [6.45, 7) is 4.10. The molecule has 1 aliphatic heterocycles. The standard InChI is InChI=1S/C23H23N3O4S/c1-3-25(4-2)31(29,30)18-11-7-10-17(14-18)24-21(27)15-26-20-13-6-9-16-8-5-12-19(22(16)20)23(26)28/h5-14H,3-4,15H2,1-2H3,(H,24,27). The number of carbonyl (C=O) groups is 2. The molecule has 3 aromatic carbocycles. The highest BCUT2D eigenvalue weighted by molar-refractivity contribution is 7.89. The smallest absolute Gasteiger partial charge is 0.259 e. The van der Waals surface area contributed by atoms with Crippen molar-refractivity contribution in [3.05, 3.63) is 66.2 Å². The van der Waals surface area contributed by atoms with Gasteiger partial charge in [-0.05, 0) is 35.7 Å². The molecular weight excluding hydrogens is 414 g/mol. The number of nitrogens with zero attached hydrogens (tertiary/aromatic N) is 2. The number of sulfonamides is 1. The van der Waals surface area contributed by atoms with Gasteiger partial charge in [-0.25, -0.2) is 8.42 Å². The summed E-state index contributed by atoms with van der Waals surface area (Å²) < 4.78 is 26.8. The van der Waals surface area contributed by atoms with E-state index in [4.69, 9.17) is 0 Å². The molecule has 0 unspecified atom stereocenters. The first kappa shape index (κ1) is 21.0. The lowest BCUT2D eigenvalue weighted by Gasteiger charge is -2.19. The van der Waals surface area contributed by atoms with E-state index in [0.717, 1.165) is 10.8 Å². The second kappa shape index (κ2) is 8.13. The summed E-state index contributed by atoms with van der Waals surface area (Å²) >= 11 is 0. The monoisotopic (exact) mass is 437 g/mol. The molecule has 4 rings (SSSR count). The van der Waals surface area contributed by atoms with Crippen LogP contribution in [0.5, 0.6) is 0 Å². The quantitative estimate of drug-likeness (QED) is 0.613. The summed E-state index contributed by atoms with van der Waals surface area (Å²) in [6.07, 6.45) is 0. The average Bonchev–Trinajstić information content (AvgIpc) is 3.02. The lowest BCUT2D eigenvalue weighted by molar-refractivity contribution is -0.114. The van der Waals surface area contributed by atoms with Crippen LogP contribution in [-0.2, 0) is 14.8 Å². The number of hydrogen-bond acceptors (Lipinski definition) is 4. The highest BCUT2D eigenvalue weighted by Gasteiger charge is 2.31. The van der Waals surface area contributed by atoms with Crippen LogP contribution in [0.1, 0.15) is 24.2 Å². The first-order chi connectivity index (χ1) is 14.9. The second-order valence-electron chi connectivity index (χ2n) is 7.24. The fourth-order valence-electron chi connectivity index (χ4n) is 3.93. The van der Waals surface area contributed by atoms with Crippen molar-refractivity contribution in [1.82, 2.24) is 4.31 Å². The summed E-state index contributed by atoms with van der Waals surface area (Å²) in [5.74, 6) is -0.629. The van der Waals surface area contributed by atoms with Gasteiger partial charge < -0.3 is 5.32 Å². The fraction of sp³-hybridized carbons (Fsp3) is 0.217. The van der Waals surface area contributed by atoms with E-state index in [9.17, 15) is 18.0 Å². The number of carbonyl (C=O) groups excluding carboxylic acids is 2. The highest BCUT2D eigenvalue weighted by atomic mass is 32.2. The zero-order chi connectivity index (χ0) is 22.2.